The summed E-state index contributed by atoms with van der Waals surface area (Å²) in [5.41, 5.74) is 4.80. The van der Waals surface area contributed by atoms with E-state index in [0.29, 0.717) is 17.1 Å². The van der Waals surface area contributed by atoms with E-state index in [1.165, 1.54) is 0 Å². The Morgan fingerprint density at radius 3 is 2.47 bits per heavy atom. The lowest BCUT2D eigenvalue weighted by Crippen LogP contribution is -2.08. The van der Waals surface area contributed by atoms with E-state index in [9.17, 15) is 0 Å². The van der Waals surface area contributed by atoms with Gasteiger partial charge in [-0.15, -0.1) is 12.4 Å². The lowest BCUT2D eigenvalue weighted by Gasteiger charge is -2.12. The van der Waals surface area contributed by atoms with Gasteiger partial charge in [0.2, 0.25) is 0 Å². The Labute approximate surface area is 118 Å². The summed E-state index contributed by atoms with van der Waals surface area (Å²) in [6.07, 6.45) is 0. The Hall–Kier alpha value is -2.22. The second kappa shape index (κ2) is 6.64. The number of nitrogens with one attached hydrogen (secondary N) is 1. The number of ether oxygens (including phenoxy) is 1. The van der Waals surface area contributed by atoms with Gasteiger partial charge in [-0.1, -0.05) is 18.2 Å². The highest BCUT2D eigenvalue weighted by Gasteiger charge is 2.07. The lowest BCUT2D eigenvalue weighted by atomic mass is 10.1. The molecule has 4 nitrogen and oxygen atoms in total. The number of nitrogens with zero attached hydrogens (tertiary/aromatic N) is 1. The van der Waals surface area contributed by atoms with Gasteiger partial charge in [-0.2, -0.15) is 5.26 Å². The van der Waals surface area contributed by atoms with E-state index in [2.05, 4.69) is 11.5 Å². The largest absolute Gasteiger partial charge is 0.456 e. The molecule has 0 aliphatic rings. The van der Waals surface area contributed by atoms with Crippen LogP contribution in [0.3, 0.4) is 0 Å². The Bertz CT molecular complexity index is 608. The zero-order chi connectivity index (χ0) is 13.0. The molecule has 0 atom stereocenters. The van der Waals surface area contributed by atoms with Crippen LogP contribution in [0.4, 0.5) is 5.69 Å². The second-order valence-electron chi connectivity index (χ2n) is 3.78. The predicted molar refractivity (Wildman–Crippen MR) is 77.5 cm³/mol. The Morgan fingerprint density at radius 1 is 1.11 bits per heavy atom. The molecule has 19 heavy (non-hydrogen) atoms. The fourth-order valence-corrected chi connectivity index (χ4v) is 1.65. The molecule has 0 saturated heterocycles. The minimum atomic E-state index is 0. The molecule has 0 heterocycles. The normalized spacial score (nSPS) is 9.11. The van der Waals surface area contributed by atoms with Gasteiger partial charge in [0.1, 0.15) is 17.6 Å². The average Bonchev–Trinajstić information content (AvgIpc) is 2.42. The molecule has 0 fully saturated rings. The van der Waals surface area contributed by atoms with E-state index >= 15 is 0 Å². The van der Waals surface area contributed by atoms with Crippen LogP contribution in [0.1, 0.15) is 11.1 Å². The molecule has 0 saturated carbocycles. The van der Waals surface area contributed by atoms with E-state index in [0.717, 1.165) is 11.3 Å². The molecule has 0 aliphatic carbocycles. The first kappa shape index (κ1) is 14.8. The monoisotopic (exact) mass is 275 g/mol. The molecule has 2 aromatic carbocycles. The number of hydrazine groups is 1. The SMILES string of the molecule is Cc1c(NN)cccc1Oc1ccccc1C#N.Cl. The second-order valence-corrected chi connectivity index (χ2v) is 3.78. The van der Waals surface area contributed by atoms with Crippen LogP contribution in [0, 0.1) is 18.3 Å². The summed E-state index contributed by atoms with van der Waals surface area (Å²) < 4.78 is 5.76. The molecule has 0 spiro atoms. The number of nitrogens with two attached hydrogens (primary N) is 1. The summed E-state index contributed by atoms with van der Waals surface area (Å²) >= 11 is 0. The first-order chi connectivity index (χ1) is 8.76. The van der Waals surface area contributed by atoms with Gasteiger partial charge >= 0.3 is 0 Å². The van der Waals surface area contributed by atoms with Crippen molar-refractivity contribution in [3.05, 3.63) is 53.6 Å². The van der Waals surface area contributed by atoms with Crippen molar-refractivity contribution in [3.8, 4) is 17.6 Å². The lowest BCUT2D eigenvalue weighted by molar-refractivity contribution is 0.477. The maximum atomic E-state index is 9.00. The number of hydrogen-bond donors (Lipinski definition) is 2. The van der Waals surface area contributed by atoms with Crippen LogP contribution in [0.2, 0.25) is 0 Å². The van der Waals surface area contributed by atoms with Gasteiger partial charge in [-0.3, -0.25) is 5.84 Å². The highest BCUT2D eigenvalue weighted by molar-refractivity contribution is 5.85. The third-order valence-corrected chi connectivity index (χ3v) is 2.67. The van der Waals surface area contributed by atoms with Gasteiger partial charge in [0.05, 0.1) is 11.3 Å². The van der Waals surface area contributed by atoms with Crippen LogP contribution in [-0.4, -0.2) is 0 Å². The molecular weight excluding hydrogens is 262 g/mol. The van der Waals surface area contributed by atoms with Crippen molar-refractivity contribution in [1.82, 2.24) is 0 Å². The van der Waals surface area contributed by atoms with Crippen LogP contribution in [0.5, 0.6) is 11.5 Å². The van der Waals surface area contributed by atoms with Gasteiger partial charge in [0, 0.05) is 5.56 Å². The van der Waals surface area contributed by atoms with E-state index in [-0.39, 0.29) is 12.4 Å². The van der Waals surface area contributed by atoms with E-state index < -0.39 is 0 Å². The molecule has 2 rings (SSSR count). The first-order valence-corrected chi connectivity index (χ1v) is 5.49. The third-order valence-electron chi connectivity index (χ3n) is 2.67. The number of nitrogen functional groups attached to an aromatic ring is 1. The van der Waals surface area contributed by atoms with Gasteiger partial charge in [-0.25, -0.2) is 0 Å². The summed E-state index contributed by atoms with van der Waals surface area (Å²) in [5.74, 6) is 6.62. The fraction of sp³-hybridized carbons (Fsp3) is 0.0714. The zero-order valence-electron chi connectivity index (χ0n) is 10.4. The smallest absolute Gasteiger partial charge is 0.145 e. The molecular formula is C14H14ClN3O. The number of nitriles is 1. The molecule has 5 heteroatoms. The maximum Gasteiger partial charge on any atom is 0.145 e. The molecule has 98 valence electrons. The van der Waals surface area contributed by atoms with Crippen LogP contribution < -0.4 is 16.0 Å². The van der Waals surface area contributed by atoms with Crippen LogP contribution in [0.25, 0.3) is 0 Å². The quantitative estimate of drug-likeness (QED) is 0.665. The first-order valence-electron chi connectivity index (χ1n) is 5.49. The summed E-state index contributed by atoms with van der Waals surface area (Å²) in [4.78, 5) is 0. The summed E-state index contributed by atoms with van der Waals surface area (Å²) in [6, 6.07) is 14.7. The molecule has 0 bridgehead atoms. The van der Waals surface area contributed by atoms with Crippen LogP contribution in [-0.2, 0) is 0 Å². The predicted octanol–water partition coefficient (Wildman–Crippen LogP) is 3.37. The van der Waals surface area contributed by atoms with Crippen molar-refractivity contribution < 1.29 is 4.74 Å². The topological polar surface area (TPSA) is 71.1 Å². The molecule has 0 amide bonds. The molecule has 0 radical (unpaired) electrons. The van der Waals surface area contributed by atoms with Crippen molar-refractivity contribution in [2.45, 2.75) is 6.92 Å². The number of halogens is 1. The molecule has 0 unspecified atom stereocenters. The highest BCUT2D eigenvalue weighted by atomic mass is 35.5. The number of rotatable bonds is 3. The van der Waals surface area contributed by atoms with Gasteiger partial charge in [0.15, 0.2) is 0 Å². The molecule has 0 aliphatic heterocycles. The molecule has 3 N–H and O–H groups in total. The van der Waals surface area contributed by atoms with E-state index in [1.807, 2.05) is 31.2 Å². The van der Waals surface area contributed by atoms with Crippen molar-refractivity contribution in [2.75, 3.05) is 5.43 Å². The minimum absolute atomic E-state index is 0. The van der Waals surface area contributed by atoms with Gasteiger partial charge < -0.3 is 10.2 Å². The number of benzene rings is 2. The van der Waals surface area contributed by atoms with Crippen molar-refractivity contribution in [2.24, 2.45) is 5.84 Å². The van der Waals surface area contributed by atoms with E-state index in [1.54, 1.807) is 18.2 Å². The van der Waals surface area contributed by atoms with E-state index in [4.69, 9.17) is 15.8 Å². The average molecular weight is 276 g/mol. The Kier molecular flexibility index (Phi) is 5.19. The molecule has 0 aromatic heterocycles. The van der Waals surface area contributed by atoms with Gasteiger partial charge in [-0.05, 0) is 31.2 Å². The van der Waals surface area contributed by atoms with Crippen molar-refractivity contribution in [1.29, 1.82) is 5.26 Å². The number of para-hydroxylation sites is 1. The van der Waals surface area contributed by atoms with Crippen LogP contribution in [0.15, 0.2) is 42.5 Å². The van der Waals surface area contributed by atoms with Crippen molar-refractivity contribution in [3.63, 3.8) is 0 Å². The van der Waals surface area contributed by atoms with Crippen LogP contribution >= 0.6 is 12.4 Å². The maximum absolute atomic E-state index is 9.00. The zero-order valence-corrected chi connectivity index (χ0v) is 11.2. The standard InChI is InChI=1S/C14H13N3O.ClH/c1-10-12(17-16)6-4-8-13(10)18-14-7-3-2-5-11(14)9-15;/h2-8,17H,16H2,1H3;1H. The summed E-state index contributed by atoms with van der Waals surface area (Å²) in [5, 5.41) is 9.00. The Balaban J connectivity index is 0.00000180. The summed E-state index contributed by atoms with van der Waals surface area (Å²) in [6.45, 7) is 1.90. The highest BCUT2D eigenvalue weighted by Crippen LogP contribution is 2.30. The Morgan fingerprint density at radius 2 is 1.79 bits per heavy atom. The number of hydrogen-bond acceptors (Lipinski definition) is 4. The van der Waals surface area contributed by atoms with Crippen molar-refractivity contribution >= 4 is 18.1 Å². The van der Waals surface area contributed by atoms with Gasteiger partial charge in [0.25, 0.3) is 0 Å². The molecule has 2 aromatic rings. The minimum Gasteiger partial charge on any atom is -0.456 e. The summed E-state index contributed by atoms with van der Waals surface area (Å²) in [7, 11) is 0. The number of anilines is 1. The third kappa shape index (κ3) is 3.16. The fourth-order valence-electron chi connectivity index (χ4n) is 1.65.